The number of nitrogens with one attached hydrogen (secondary N) is 1. The lowest BCUT2D eigenvalue weighted by molar-refractivity contribution is -0.122. The zero-order valence-electron chi connectivity index (χ0n) is 8.50. The second-order valence-corrected chi connectivity index (χ2v) is 4.52. The highest BCUT2D eigenvalue weighted by Crippen LogP contribution is 2.40. The molecule has 0 aromatic heterocycles. The van der Waals surface area contributed by atoms with E-state index in [0.717, 1.165) is 6.54 Å². The van der Waals surface area contributed by atoms with Gasteiger partial charge in [0.05, 0.1) is 5.92 Å². The number of carbonyl (C=O) groups excluding carboxylic acids is 1. The van der Waals surface area contributed by atoms with Gasteiger partial charge in [-0.1, -0.05) is 25.5 Å². The lowest BCUT2D eigenvalue weighted by Gasteiger charge is -2.32. The molecule has 0 radical (unpaired) electrons. The van der Waals surface area contributed by atoms with Gasteiger partial charge in [-0.3, -0.25) is 4.79 Å². The van der Waals surface area contributed by atoms with Crippen LogP contribution in [0.2, 0.25) is 0 Å². The fraction of sp³-hybridized carbons (Fsp3) is 0.727. The molecule has 1 heterocycles. The van der Waals surface area contributed by atoms with Gasteiger partial charge in [0, 0.05) is 6.54 Å². The molecule has 1 amide bonds. The highest BCUT2D eigenvalue weighted by molar-refractivity contribution is 5.84. The van der Waals surface area contributed by atoms with E-state index in [1.54, 1.807) is 0 Å². The molecule has 1 aliphatic carbocycles. The van der Waals surface area contributed by atoms with E-state index in [0.29, 0.717) is 17.8 Å². The molecule has 1 aliphatic heterocycles. The monoisotopic (exact) mass is 179 g/mol. The van der Waals surface area contributed by atoms with E-state index in [1.165, 1.54) is 5.57 Å². The van der Waals surface area contributed by atoms with Crippen LogP contribution in [0.5, 0.6) is 0 Å². The Hall–Kier alpha value is -0.790. The first kappa shape index (κ1) is 8.79. The first-order valence-electron chi connectivity index (χ1n) is 5.07. The average molecular weight is 179 g/mol. The van der Waals surface area contributed by atoms with Crippen LogP contribution in [0, 0.1) is 23.7 Å². The quantitative estimate of drug-likeness (QED) is 0.562. The van der Waals surface area contributed by atoms with Crippen molar-refractivity contribution < 1.29 is 4.79 Å². The Morgan fingerprint density at radius 1 is 1.46 bits per heavy atom. The largest absolute Gasteiger partial charge is 0.355 e. The van der Waals surface area contributed by atoms with Gasteiger partial charge in [0.1, 0.15) is 0 Å². The minimum absolute atomic E-state index is 0.172. The molecule has 2 heteroatoms. The van der Waals surface area contributed by atoms with Crippen LogP contribution in [-0.2, 0) is 4.79 Å². The van der Waals surface area contributed by atoms with E-state index in [4.69, 9.17) is 0 Å². The maximum atomic E-state index is 11.5. The smallest absolute Gasteiger partial charge is 0.227 e. The third-order valence-electron chi connectivity index (χ3n) is 3.74. The van der Waals surface area contributed by atoms with Crippen LogP contribution in [0.15, 0.2) is 11.6 Å². The molecule has 0 aromatic rings. The van der Waals surface area contributed by atoms with Gasteiger partial charge < -0.3 is 5.32 Å². The fourth-order valence-electron chi connectivity index (χ4n) is 2.73. The maximum absolute atomic E-state index is 11.5. The number of hydrogen-bond acceptors (Lipinski definition) is 1. The topological polar surface area (TPSA) is 29.1 Å². The summed E-state index contributed by atoms with van der Waals surface area (Å²) in [6, 6.07) is 0. The first-order valence-corrected chi connectivity index (χ1v) is 5.07. The second-order valence-electron chi connectivity index (χ2n) is 4.52. The molecule has 1 saturated heterocycles. The third kappa shape index (κ3) is 1.19. The Labute approximate surface area is 79.4 Å². The Morgan fingerprint density at radius 3 is 2.85 bits per heavy atom. The summed E-state index contributed by atoms with van der Waals surface area (Å²) in [5.41, 5.74) is 1.27. The summed E-state index contributed by atoms with van der Waals surface area (Å²) in [5.74, 6) is 2.19. The average Bonchev–Trinajstić information content (AvgIpc) is 2.44. The minimum atomic E-state index is 0.172. The molecule has 0 aromatic carbocycles. The number of amides is 1. The van der Waals surface area contributed by atoms with Gasteiger partial charge in [0.15, 0.2) is 0 Å². The Balaban J connectivity index is 2.34. The standard InChI is InChI=1S/C11H17NO/c1-6-4-7(2)10-9(8(6)3)5-12-11(10)13/h4,6,8-10H,5H2,1-3H3,(H,12,13)/t6-,8+,9+,10-/m1/s1. The molecular formula is C11H17NO. The van der Waals surface area contributed by atoms with Gasteiger partial charge in [-0.2, -0.15) is 0 Å². The first-order chi connectivity index (χ1) is 6.11. The summed E-state index contributed by atoms with van der Waals surface area (Å²) in [7, 11) is 0. The van der Waals surface area contributed by atoms with Crippen LogP contribution < -0.4 is 5.32 Å². The normalized spacial score (nSPS) is 43.9. The fourth-order valence-corrected chi connectivity index (χ4v) is 2.73. The summed E-state index contributed by atoms with van der Waals surface area (Å²) >= 11 is 0. The molecule has 2 aliphatic rings. The van der Waals surface area contributed by atoms with Crippen LogP contribution in [0.1, 0.15) is 20.8 Å². The Kier molecular flexibility index (Phi) is 1.94. The van der Waals surface area contributed by atoms with Gasteiger partial charge in [0.2, 0.25) is 5.91 Å². The Bertz CT molecular complexity index is 269. The summed E-state index contributed by atoms with van der Waals surface area (Å²) in [5, 5.41) is 2.96. The molecule has 1 N–H and O–H groups in total. The van der Waals surface area contributed by atoms with E-state index in [1.807, 2.05) is 0 Å². The molecule has 0 unspecified atom stereocenters. The van der Waals surface area contributed by atoms with Gasteiger partial charge in [-0.25, -0.2) is 0 Å². The minimum Gasteiger partial charge on any atom is -0.355 e. The molecule has 0 bridgehead atoms. The third-order valence-corrected chi connectivity index (χ3v) is 3.74. The molecule has 0 spiro atoms. The van der Waals surface area contributed by atoms with E-state index in [9.17, 15) is 4.79 Å². The molecule has 72 valence electrons. The van der Waals surface area contributed by atoms with E-state index in [-0.39, 0.29) is 11.8 Å². The number of hydrogen-bond donors (Lipinski definition) is 1. The van der Waals surface area contributed by atoms with Crippen LogP contribution >= 0.6 is 0 Å². The second kappa shape index (κ2) is 2.86. The molecule has 2 nitrogen and oxygen atoms in total. The van der Waals surface area contributed by atoms with Crippen LogP contribution in [-0.4, -0.2) is 12.5 Å². The van der Waals surface area contributed by atoms with Gasteiger partial charge in [-0.05, 0) is 24.7 Å². The molecular weight excluding hydrogens is 162 g/mol. The lowest BCUT2D eigenvalue weighted by atomic mass is 9.70. The van der Waals surface area contributed by atoms with Crippen molar-refractivity contribution in [1.29, 1.82) is 0 Å². The van der Waals surface area contributed by atoms with E-state index < -0.39 is 0 Å². The van der Waals surface area contributed by atoms with Crippen LogP contribution in [0.25, 0.3) is 0 Å². The SMILES string of the molecule is CC1=C[C@@H](C)[C@H](C)[C@@H]2CNC(=O)[C@H]12. The van der Waals surface area contributed by atoms with Crippen molar-refractivity contribution in [2.75, 3.05) is 6.54 Å². The molecule has 4 atom stereocenters. The predicted octanol–water partition coefficient (Wildman–Crippen LogP) is 1.58. The number of allylic oxidation sites excluding steroid dienone is 1. The lowest BCUT2D eigenvalue weighted by Crippen LogP contribution is -2.31. The van der Waals surface area contributed by atoms with E-state index in [2.05, 4.69) is 32.2 Å². The predicted molar refractivity (Wildman–Crippen MR) is 52.1 cm³/mol. The van der Waals surface area contributed by atoms with Crippen LogP contribution in [0.3, 0.4) is 0 Å². The van der Waals surface area contributed by atoms with Crippen molar-refractivity contribution in [3.63, 3.8) is 0 Å². The van der Waals surface area contributed by atoms with E-state index >= 15 is 0 Å². The summed E-state index contributed by atoms with van der Waals surface area (Å²) in [6.45, 7) is 7.46. The van der Waals surface area contributed by atoms with Crippen molar-refractivity contribution in [3.8, 4) is 0 Å². The highest BCUT2D eigenvalue weighted by Gasteiger charge is 2.42. The van der Waals surface area contributed by atoms with Gasteiger partial charge in [0.25, 0.3) is 0 Å². The maximum Gasteiger partial charge on any atom is 0.227 e. The van der Waals surface area contributed by atoms with Crippen molar-refractivity contribution in [3.05, 3.63) is 11.6 Å². The Morgan fingerprint density at radius 2 is 2.15 bits per heavy atom. The number of carbonyl (C=O) groups is 1. The molecule has 2 rings (SSSR count). The van der Waals surface area contributed by atoms with Crippen LogP contribution in [0.4, 0.5) is 0 Å². The molecule has 0 saturated carbocycles. The summed E-state index contributed by atoms with van der Waals surface area (Å²) in [4.78, 5) is 11.5. The zero-order valence-corrected chi connectivity index (χ0v) is 8.50. The van der Waals surface area contributed by atoms with Crippen molar-refractivity contribution >= 4 is 5.91 Å². The molecule has 1 fully saturated rings. The van der Waals surface area contributed by atoms with Gasteiger partial charge in [-0.15, -0.1) is 0 Å². The number of rotatable bonds is 0. The van der Waals surface area contributed by atoms with Gasteiger partial charge >= 0.3 is 0 Å². The summed E-state index contributed by atoms with van der Waals surface area (Å²) in [6.07, 6.45) is 2.26. The molecule has 13 heavy (non-hydrogen) atoms. The summed E-state index contributed by atoms with van der Waals surface area (Å²) < 4.78 is 0. The van der Waals surface area contributed by atoms with Crippen molar-refractivity contribution in [2.24, 2.45) is 23.7 Å². The van der Waals surface area contributed by atoms with Crippen molar-refractivity contribution in [2.45, 2.75) is 20.8 Å². The number of fused-ring (bicyclic) bond motifs is 1. The van der Waals surface area contributed by atoms with Crippen molar-refractivity contribution in [1.82, 2.24) is 5.32 Å². The zero-order chi connectivity index (χ0) is 9.59. The highest BCUT2D eigenvalue weighted by atomic mass is 16.2.